The number of piperidine rings is 1. The Morgan fingerprint density at radius 1 is 1.40 bits per heavy atom. The van der Waals surface area contributed by atoms with E-state index in [-0.39, 0.29) is 18.6 Å². The average molecular weight is 280 g/mol. The lowest BCUT2D eigenvalue weighted by molar-refractivity contribution is -0.137. The summed E-state index contributed by atoms with van der Waals surface area (Å²) in [6.07, 6.45) is 3.15. The first-order chi connectivity index (χ1) is 9.50. The van der Waals surface area contributed by atoms with Crippen LogP contribution in [-0.2, 0) is 9.53 Å². The van der Waals surface area contributed by atoms with Crippen molar-refractivity contribution in [3.8, 4) is 0 Å². The molecule has 0 aromatic carbocycles. The van der Waals surface area contributed by atoms with E-state index in [2.05, 4.69) is 5.16 Å². The average Bonchev–Trinajstić information content (AvgIpc) is 2.76. The summed E-state index contributed by atoms with van der Waals surface area (Å²) in [5, 5.41) is 3.70. The second-order valence-electron chi connectivity index (χ2n) is 5.21. The van der Waals surface area contributed by atoms with Crippen LogP contribution in [0.25, 0.3) is 0 Å². The molecular formula is C14H20N2O4. The molecule has 6 heteroatoms. The second-order valence-corrected chi connectivity index (χ2v) is 5.21. The zero-order chi connectivity index (χ0) is 14.7. The monoisotopic (exact) mass is 280 g/mol. The van der Waals surface area contributed by atoms with E-state index in [1.807, 2.05) is 6.92 Å². The lowest BCUT2D eigenvalue weighted by Crippen LogP contribution is -2.44. The quantitative estimate of drug-likeness (QED) is 0.790. The fraction of sp³-hybridized carbons (Fsp3) is 0.643. The van der Waals surface area contributed by atoms with Gasteiger partial charge in [-0.1, -0.05) is 5.16 Å². The third-order valence-electron chi connectivity index (χ3n) is 3.69. The first-order valence-electron chi connectivity index (χ1n) is 6.90. The third-order valence-corrected chi connectivity index (χ3v) is 3.69. The number of hydrogen-bond acceptors (Lipinski definition) is 5. The van der Waals surface area contributed by atoms with Crippen molar-refractivity contribution in [3.63, 3.8) is 0 Å². The molecule has 0 bridgehead atoms. The van der Waals surface area contributed by atoms with Gasteiger partial charge in [-0.3, -0.25) is 4.79 Å². The number of aryl methyl sites for hydroxylation is 2. The maximum absolute atomic E-state index is 12.1. The van der Waals surface area contributed by atoms with Gasteiger partial charge < -0.3 is 14.2 Å². The summed E-state index contributed by atoms with van der Waals surface area (Å²) < 4.78 is 9.99. The minimum atomic E-state index is -0.556. The first-order valence-corrected chi connectivity index (χ1v) is 6.90. The van der Waals surface area contributed by atoms with Crippen molar-refractivity contribution in [1.29, 1.82) is 0 Å². The van der Waals surface area contributed by atoms with E-state index in [0.717, 1.165) is 25.8 Å². The number of ether oxygens (including phenoxy) is 1. The van der Waals surface area contributed by atoms with E-state index in [0.29, 0.717) is 17.0 Å². The van der Waals surface area contributed by atoms with Crippen LogP contribution < -0.4 is 0 Å². The molecule has 1 aliphatic heterocycles. The van der Waals surface area contributed by atoms with E-state index < -0.39 is 5.97 Å². The molecule has 20 heavy (non-hydrogen) atoms. The molecule has 2 rings (SSSR count). The number of nitrogens with zero attached hydrogens (tertiary/aromatic N) is 2. The summed E-state index contributed by atoms with van der Waals surface area (Å²) >= 11 is 0. The number of likely N-dealkylation sites (tertiary alicyclic amines) is 1. The Labute approximate surface area is 118 Å². The zero-order valence-corrected chi connectivity index (χ0v) is 12.1. The van der Waals surface area contributed by atoms with Crippen LogP contribution in [0.3, 0.4) is 0 Å². The number of hydrogen-bond donors (Lipinski definition) is 0. The number of carbonyl (C=O) groups is 2. The molecule has 1 aromatic heterocycles. The Balaban J connectivity index is 1.92. The van der Waals surface area contributed by atoms with Crippen molar-refractivity contribution in [2.24, 2.45) is 0 Å². The Kier molecular flexibility index (Phi) is 4.42. The van der Waals surface area contributed by atoms with Crippen LogP contribution in [0.5, 0.6) is 0 Å². The van der Waals surface area contributed by atoms with Gasteiger partial charge in [-0.05, 0) is 40.0 Å². The van der Waals surface area contributed by atoms with Gasteiger partial charge >= 0.3 is 5.97 Å². The maximum atomic E-state index is 12.1. The van der Waals surface area contributed by atoms with Crippen LogP contribution in [0.15, 0.2) is 4.52 Å². The lowest BCUT2D eigenvalue weighted by Gasteiger charge is -2.33. The standard InChI is InChI=1S/C14H20N2O4/c1-9-6-4-5-7-16(9)12(17)8-19-14(18)13-10(2)15-20-11(13)3/h9H,4-8H2,1-3H3/t9-/m0/s1. The Morgan fingerprint density at radius 3 is 2.75 bits per heavy atom. The topological polar surface area (TPSA) is 72.6 Å². The molecule has 0 saturated carbocycles. The number of esters is 1. The molecule has 0 spiro atoms. The smallest absolute Gasteiger partial charge is 0.344 e. The summed E-state index contributed by atoms with van der Waals surface area (Å²) in [7, 11) is 0. The van der Waals surface area contributed by atoms with Crippen molar-refractivity contribution < 1.29 is 18.8 Å². The van der Waals surface area contributed by atoms with Crippen molar-refractivity contribution in [1.82, 2.24) is 10.1 Å². The van der Waals surface area contributed by atoms with Crippen molar-refractivity contribution in [2.75, 3.05) is 13.2 Å². The van der Waals surface area contributed by atoms with Gasteiger partial charge in [-0.25, -0.2) is 4.79 Å². The van der Waals surface area contributed by atoms with Crippen LogP contribution in [0, 0.1) is 13.8 Å². The zero-order valence-electron chi connectivity index (χ0n) is 12.1. The van der Waals surface area contributed by atoms with Gasteiger partial charge in [0.25, 0.3) is 5.91 Å². The molecule has 1 atom stereocenters. The van der Waals surface area contributed by atoms with Gasteiger partial charge in [-0.15, -0.1) is 0 Å². The fourth-order valence-corrected chi connectivity index (χ4v) is 2.53. The summed E-state index contributed by atoms with van der Waals surface area (Å²) in [6.45, 7) is 5.84. The van der Waals surface area contributed by atoms with Gasteiger partial charge in [-0.2, -0.15) is 0 Å². The molecule has 0 unspecified atom stereocenters. The highest BCUT2D eigenvalue weighted by Gasteiger charge is 2.25. The number of aromatic nitrogens is 1. The molecule has 1 saturated heterocycles. The fourth-order valence-electron chi connectivity index (χ4n) is 2.53. The minimum absolute atomic E-state index is 0.141. The molecule has 1 aliphatic rings. The summed E-state index contributed by atoms with van der Waals surface area (Å²) in [6, 6.07) is 0.217. The normalized spacial score (nSPS) is 18.9. The highest BCUT2D eigenvalue weighted by Crippen LogP contribution is 2.17. The van der Waals surface area contributed by atoms with Gasteiger partial charge in [0.2, 0.25) is 0 Å². The van der Waals surface area contributed by atoms with Crippen molar-refractivity contribution in [3.05, 3.63) is 17.0 Å². The molecule has 0 aliphatic carbocycles. The van der Waals surface area contributed by atoms with Crippen LogP contribution >= 0.6 is 0 Å². The van der Waals surface area contributed by atoms with E-state index in [4.69, 9.17) is 9.26 Å². The molecule has 1 aromatic rings. The van der Waals surface area contributed by atoms with E-state index in [1.165, 1.54) is 0 Å². The second kappa shape index (κ2) is 6.07. The third kappa shape index (κ3) is 3.00. The summed E-state index contributed by atoms with van der Waals surface area (Å²) in [5.74, 6) is -0.289. The van der Waals surface area contributed by atoms with Crippen molar-refractivity contribution in [2.45, 2.75) is 46.1 Å². The lowest BCUT2D eigenvalue weighted by atomic mass is 10.0. The summed E-state index contributed by atoms with van der Waals surface area (Å²) in [4.78, 5) is 25.8. The van der Waals surface area contributed by atoms with Crippen LogP contribution in [0.2, 0.25) is 0 Å². The molecule has 0 N–H and O–H groups in total. The molecule has 6 nitrogen and oxygen atoms in total. The highest BCUT2D eigenvalue weighted by molar-refractivity contribution is 5.93. The predicted octanol–water partition coefficient (Wildman–Crippen LogP) is 1.85. The predicted molar refractivity (Wildman–Crippen MR) is 71.3 cm³/mol. The van der Waals surface area contributed by atoms with Crippen LogP contribution in [-0.4, -0.2) is 41.1 Å². The van der Waals surface area contributed by atoms with Crippen molar-refractivity contribution >= 4 is 11.9 Å². The molecule has 0 radical (unpaired) electrons. The largest absolute Gasteiger partial charge is 0.452 e. The van der Waals surface area contributed by atoms with Crippen LogP contribution in [0.1, 0.15) is 48.0 Å². The van der Waals surface area contributed by atoms with Gasteiger partial charge in [0.15, 0.2) is 6.61 Å². The Hall–Kier alpha value is -1.85. The molecule has 2 heterocycles. The van der Waals surface area contributed by atoms with E-state index in [1.54, 1.807) is 18.7 Å². The molecular weight excluding hydrogens is 260 g/mol. The number of rotatable bonds is 3. The molecule has 110 valence electrons. The molecule has 1 amide bonds. The SMILES string of the molecule is Cc1noc(C)c1C(=O)OCC(=O)N1CCCC[C@@H]1C. The Morgan fingerprint density at radius 2 is 2.15 bits per heavy atom. The van der Waals surface area contributed by atoms with Gasteiger partial charge in [0.1, 0.15) is 11.3 Å². The van der Waals surface area contributed by atoms with Gasteiger partial charge in [0.05, 0.1) is 5.69 Å². The number of amides is 1. The highest BCUT2D eigenvalue weighted by atomic mass is 16.5. The van der Waals surface area contributed by atoms with Crippen LogP contribution in [0.4, 0.5) is 0 Å². The number of carbonyl (C=O) groups excluding carboxylic acids is 2. The maximum Gasteiger partial charge on any atom is 0.344 e. The summed E-state index contributed by atoms with van der Waals surface area (Å²) in [5.41, 5.74) is 0.788. The first kappa shape index (κ1) is 14.6. The van der Waals surface area contributed by atoms with Gasteiger partial charge in [0, 0.05) is 12.6 Å². The molecule has 1 fully saturated rings. The van der Waals surface area contributed by atoms with E-state index in [9.17, 15) is 9.59 Å². The van der Waals surface area contributed by atoms with E-state index >= 15 is 0 Å². The minimum Gasteiger partial charge on any atom is -0.452 e. The Bertz CT molecular complexity index is 490.